The van der Waals surface area contributed by atoms with E-state index in [1.807, 2.05) is 36.1 Å². The molecular formula is C14H19NO2S. The summed E-state index contributed by atoms with van der Waals surface area (Å²) in [5, 5.41) is 0. The number of ether oxygens (including phenoxy) is 1. The van der Waals surface area contributed by atoms with E-state index in [4.69, 9.17) is 4.74 Å². The van der Waals surface area contributed by atoms with Gasteiger partial charge in [0.25, 0.3) is 0 Å². The van der Waals surface area contributed by atoms with Gasteiger partial charge in [0.1, 0.15) is 5.75 Å². The van der Waals surface area contributed by atoms with Gasteiger partial charge in [-0.25, -0.2) is 0 Å². The van der Waals surface area contributed by atoms with Gasteiger partial charge in [0, 0.05) is 17.5 Å². The first-order valence-electron chi connectivity index (χ1n) is 6.31. The molecule has 0 saturated heterocycles. The van der Waals surface area contributed by atoms with Gasteiger partial charge in [0.15, 0.2) is 0 Å². The Balaban J connectivity index is 1.84. The first-order chi connectivity index (χ1) is 8.74. The van der Waals surface area contributed by atoms with Crippen LogP contribution in [-0.4, -0.2) is 36.3 Å². The van der Waals surface area contributed by atoms with Crippen LogP contribution in [0.15, 0.2) is 29.2 Å². The lowest BCUT2D eigenvalue weighted by atomic mass is 10.3. The highest BCUT2D eigenvalue weighted by molar-refractivity contribution is 8.00. The minimum absolute atomic E-state index is 0.251. The summed E-state index contributed by atoms with van der Waals surface area (Å²) in [6, 6.07) is 8.34. The van der Waals surface area contributed by atoms with Gasteiger partial charge in [0.2, 0.25) is 5.91 Å². The lowest BCUT2D eigenvalue weighted by Gasteiger charge is -2.19. The number of nitrogens with zero attached hydrogens (tertiary/aromatic N) is 1. The molecule has 1 aliphatic rings. The van der Waals surface area contributed by atoms with Gasteiger partial charge in [-0.3, -0.25) is 4.79 Å². The standard InChI is InChI=1S/C14H19NO2S/c1-3-15(11-4-5-11)14(16)10-18-13-8-6-12(17-2)7-9-13/h6-9,11H,3-5,10H2,1-2H3. The summed E-state index contributed by atoms with van der Waals surface area (Å²) in [5.41, 5.74) is 0. The van der Waals surface area contributed by atoms with Crippen LogP contribution < -0.4 is 4.74 Å². The number of amides is 1. The molecule has 0 aromatic heterocycles. The van der Waals surface area contributed by atoms with Crippen molar-refractivity contribution in [2.45, 2.75) is 30.7 Å². The Morgan fingerprint density at radius 1 is 1.39 bits per heavy atom. The summed E-state index contributed by atoms with van der Waals surface area (Å²) < 4.78 is 5.11. The third-order valence-corrected chi connectivity index (χ3v) is 4.07. The summed E-state index contributed by atoms with van der Waals surface area (Å²) in [6.07, 6.45) is 2.35. The molecule has 0 N–H and O–H groups in total. The van der Waals surface area contributed by atoms with E-state index in [0.717, 1.165) is 17.2 Å². The molecule has 0 aliphatic heterocycles. The molecule has 3 nitrogen and oxygen atoms in total. The molecule has 1 amide bonds. The van der Waals surface area contributed by atoms with E-state index in [1.165, 1.54) is 12.8 Å². The number of carbonyl (C=O) groups is 1. The van der Waals surface area contributed by atoms with Crippen LogP contribution in [-0.2, 0) is 4.79 Å². The third kappa shape index (κ3) is 3.42. The lowest BCUT2D eigenvalue weighted by Crippen LogP contribution is -2.34. The van der Waals surface area contributed by atoms with E-state index in [0.29, 0.717) is 11.8 Å². The second kappa shape index (κ2) is 6.14. The molecule has 1 aliphatic carbocycles. The topological polar surface area (TPSA) is 29.5 Å². The number of rotatable bonds is 6. The van der Waals surface area contributed by atoms with E-state index >= 15 is 0 Å². The van der Waals surface area contributed by atoms with Crippen LogP contribution in [0.5, 0.6) is 5.75 Å². The van der Waals surface area contributed by atoms with Crippen LogP contribution in [0.25, 0.3) is 0 Å². The normalized spacial score (nSPS) is 14.3. The summed E-state index contributed by atoms with van der Waals surface area (Å²) in [6.45, 7) is 2.88. The van der Waals surface area contributed by atoms with Crippen LogP contribution in [0.2, 0.25) is 0 Å². The molecule has 18 heavy (non-hydrogen) atoms. The summed E-state index contributed by atoms with van der Waals surface area (Å²) in [5.74, 6) is 1.62. The molecule has 0 bridgehead atoms. The van der Waals surface area contributed by atoms with Crippen LogP contribution in [0.1, 0.15) is 19.8 Å². The van der Waals surface area contributed by atoms with Gasteiger partial charge < -0.3 is 9.64 Å². The smallest absolute Gasteiger partial charge is 0.233 e. The van der Waals surface area contributed by atoms with Crippen molar-refractivity contribution in [3.8, 4) is 5.75 Å². The SMILES string of the molecule is CCN(C(=O)CSc1ccc(OC)cc1)C1CC1. The lowest BCUT2D eigenvalue weighted by molar-refractivity contribution is -0.128. The fourth-order valence-electron chi connectivity index (χ4n) is 1.92. The number of carbonyl (C=O) groups excluding carboxylic acids is 1. The van der Waals surface area contributed by atoms with Crippen LogP contribution in [0, 0.1) is 0 Å². The molecule has 2 rings (SSSR count). The number of methoxy groups -OCH3 is 1. The monoisotopic (exact) mass is 265 g/mol. The quantitative estimate of drug-likeness (QED) is 0.741. The zero-order valence-corrected chi connectivity index (χ0v) is 11.7. The highest BCUT2D eigenvalue weighted by Crippen LogP contribution is 2.28. The van der Waals surface area contributed by atoms with Crippen LogP contribution >= 0.6 is 11.8 Å². The number of hydrogen-bond acceptors (Lipinski definition) is 3. The third-order valence-electron chi connectivity index (χ3n) is 3.07. The van der Waals surface area contributed by atoms with Gasteiger partial charge in [-0.2, -0.15) is 0 Å². The molecule has 0 radical (unpaired) electrons. The molecule has 1 saturated carbocycles. The Morgan fingerprint density at radius 3 is 2.56 bits per heavy atom. The summed E-state index contributed by atoms with van der Waals surface area (Å²) >= 11 is 1.59. The fraction of sp³-hybridized carbons (Fsp3) is 0.500. The molecule has 0 heterocycles. The van der Waals surface area contributed by atoms with E-state index in [1.54, 1.807) is 18.9 Å². The van der Waals surface area contributed by atoms with Gasteiger partial charge >= 0.3 is 0 Å². The number of hydrogen-bond donors (Lipinski definition) is 0. The van der Waals surface area contributed by atoms with Crippen molar-refractivity contribution in [1.29, 1.82) is 0 Å². The first kappa shape index (κ1) is 13.3. The van der Waals surface area contributed by atoms with E-state index in [2.05, 4.69) is 0 Å². The van der Waals surface area contributed by atoms with E-state index in [9.17, 15) is 4.79 Å². The predicted molar refractivity (Wildman–Crippen MR) is 74.1 cm³/mol. The Labute approximate surface area is 113 Å². The van der Waals surface area contributed by atoms with Crippen LogP contribution in [0.4, 0.5) is 0 Å². The Kier molecular flexibility index (Phi) is 4.53. The highest BCUT2D eigenvalue weighted by atomic mass is 32.2. The van der Waals surface area contributed by atoms with E-state index < -0.39 is 0 Å². The predicted octanol–water partition coefficient (Wildman–Crippen LogP) is 2.80. The summed E-state index contributed by atoms with van der Waals surface area (Å²) in [4.78, 5) is 15.1. The van der Waals surface area contributed by atoms with Gasteiger partial charge in [0.05, 0.1) is 12.9 Å². The number of benzene rings is 1. The Morgan fingerprint density at radius 2 is 2.06 bits per heavy atom. The van der Waals surface area contributed by atoms with Crippen LogP contribution in [0.3, 0.4) is 0 Å². The molecule has 0 atom stereocenters. The molecule has 4 heteroatoms. The maximum Gasteiger partial charge on any atom is 0.233 e. The summed E-state index contributed by atoms with van der Waals surface area (Å²) in [7, 11) is 1.65. The van der Waals surface area contributed by atoms with Gasteiger partial charge in [-0.05, 0) is 44.0 Å². The fourth-order valence-corrected chi connectivity index (χ4v) is 2.71. The second-order valence-electron chi connectivity index (χ2n) is 4.38. The molecule has 1 fully saturated rings. The average Bonchev–Trinajstić information content (AvgIpc) is 3.22. The molecule has 1 aromatic carbocycles. The van der Waals surface area contributed by atoms with Crippen molar-refractivity contribution < 1.29 is 9.53 Å². The molecule has 0 unspecified atom stereocenters. The first-order valence-corrected chi connectivity index (χ1v) is 7.29. The maximum atomic E-state index is 12.0. The van der Waals surface area contributed by atoms with Crippen molar-refractivity contribution in [1.82, 2.24) is 4.90 Å². The van der Waals surface area contributed by atoms with Gasteiger partial charge in [-0.15, -0.1) is 11.8 Å². The zero-order chi connectivity index (χ0) is 13.0. The Hall–Kier alpha value is -1.16. The zero-order valence-electron chi connectivity index (χ0n) is 10.9. The molecule has 98 valence electrons. The van der Waals surface area contributed by atoms with Crippen molar-refractivity contribution in [3.63, 3.8) is 0 Å². The molecule has 0 spiro atoms. The second-order valence-corrected chi connectivity index (χ2v) is 5.42. The molecular weight excluding hydrogens is 246 g/mol. The number of thioether (sulfide) groups is 1. The van der Waals surface area contributed by atoms with E-state index in [-0.39, 0.29) is 5.91 Å². The minimum atomic E-state index is 0.251. The largest absolute Gasteiger partial charge is 0.497 e. The van der Waals surface area contributed by atoms with Crippen molar-refractivity contribution >= 4 is 17.7 Å². The Bertz CT molecular complexity index is 401. The van der Waals surface area contributed by atoms with Crippen molar-refractivity contribution in [3.05, 3.63) is 24.3 Å². The average molecular weight is 265 g/mol. The van der Waals surface area contributed by atoms with Crippen molar-refractivity contribution in [2.75, 3.05) is 19.4 Å². The maximum absolute atomic E-state index is 12.0. The van der Waals surface area contributed by atoms with Crippen molar-refractivity contribution in [2.24, 2.45) is 0 Å². The van der Waals surface area contributed by atoms with Gasteiger partial charge in [-0.1, -0.05) is 0 Å². The minimum Gasteiger partial charge on any atom is -0.497 e. The molecule has 1 aromatic rings. The highest BCUT2D eigenvalue weighted by Gasteiger charge is 2.30.